The summed E-state index contributed by atoms with van der Waals surface area (Å²) in [6, 6.07) is 0. The minimum atomic E-state index is -0.952. The van der Waals surface area contributed by atoms with E-state index in [1.807, 2.05) is 0 Å². The lowest BCUT2D eigenvalue weighted by molar-refractivity contribution is 0.146. The van der Waals surface area contributed by atoms with Gasteiger partial charge >= 0.3 is 0 Å². The first-order valence-corrected chi connectivity index (χ1v) is 7.96. The van der Waals surface area contributed by atoms with Crippen LogP contribution in [0.15, 0.2) is 0 Å². The van der Waals surface area contributed by atoms with Gasteiger partial charge in [-0.05, 0) is 12.8 Å². The Kier molecular flexibility index (Phi) is 8.23. The minimum Gasteiger partial charge on any atom is -0.376 e. The summed E-state index contributed by atoms with van der Waals surface area (Å²) in [4.78, 5) is 0. The second-order valence-corrected chi connectivity index (χ2v) is 11.5. The first-order chi connectivity index (χ1) is 6.31. The van der Waals surface area contributed by atoms with E-state index in [1.165, 1.54) is 25.7 Å². The molecule has 0 aromatic heterocycles. The van der Waals surface area contributed by atoms with Gasteiger partial charge in [0.05, 0.1) is 0 Å². The fraction of sp³-hybridized carbons (Fsp3) is 1.00. The standard InChI is InChI=1S/C9H16Br4O/c1-2-3-4-5-6-7-8(10,14)9(11,12)13/h14H,2-7H2,1H3. The van der Waals surface area contributed by atoms with Crippen molar-refractivity contribution in [3.63, 3.8) is 0 Å². The van der Waals surface area contributed by atoms with Gasteiger partial charge in [0.25, 0.3) is 0 Å². The molecule has 0 aromatic carbocycles. The summed E-state index contributed by atoms with van der Waals surface area (Å²) in [6.45, 7) is 2.20. The van der Waals surface area contributed by atoms with Crippen molar-refractivity contribution in [2.75, 3.05) is 0 Å². The molecule has 14 heavy (non-hydrogen) atoms. The molecule has 0 radical (unpaired) electrons. The van der Waals surface area contributed by atoms with Gasteiger partial charge in [0.1, 0.15) is 0 Å². The number of rotatable bonds is 6. The van der Waals surface area contributed by atoms with Crippen LogP contribution in [0.4, 0.5) is 0 Å². The molecule has 0 rings (SSSR count). The van der Waals surface area contributed by atoms with Crippen LogP contribution in [0.1, 0.15) is 45.4 Å². The van der Waals surface area contributed by atoms with Crippen LogP contribution in [-0.4, -0.2) is 11.8 Å². The Morgan fingerprint density at radius 2 is 1.43 bits per heavy atom. The van der Waals surface area contributed by atoms with Crippen LogP contribution in [0.5, 0.6) is 0 Å². The second-order valence-electron chi connectivity index (χ2n) is 3.42. The summed E-state index contributed by atoms with van der Waals surface area (Å²) < 4.78 is -1.60. The van der Waals surface area contributed by atoms with Crippen molar-refractivity contribution in [3.8, 4) is 0 Å². The van der Waals surface area contributed by atoms with Crippen LogP contribution in [0, 0.1) is 0 Å². The third-order valence-corrected chi connectivity index (χ3v) is 6.60. The highest BCUT2D eigenvalue weighted by atomic mass is 80.0. The zero-order valence-corrected chi connectivity index (χ0v) is 14.5. The summed E-state index contributed by atoms with van der Waals surface area (Å²) >= 11 is 13.2. The largest absolute Gasteiger partial charge is 0.376 e. The van der Waals surface area contributed by atoms with Gasteiger partial charge in [0.2, 0.25) is 0 Å². The zero-order valence-electron chi connectivity index (χ0n) is 8.20. The molecular weight excluding hydrogens is 444 g/mol. The van der Waals surface area contributed by atoms with E-state index in [-0.39, 0.29) is 0 Å². The Labute approximate surface area is 120 Å². The second kappa shape index (κ2) is 7.25. The molecule has 1 atom stereocenters. The maximum absolute atomic E-state index is 9.98. The normalized spacial score (nSPS) is 16.7. The molecule has 0 aliphatic rings. The van der Waals surface area contributed by atoms with E-state index in [0.29, 0.717) is 6.42 Å². The predicted molar refractivity (Wildman–Crippen MR) is 76.8 cm³/mol. The maximum atomic E-state index is 9.98. The number of hydrogen-bond acceptors (Lipinski definition) is 1. The maximum Gasteiger partial charge on any atom is 0.173 e. The average Bonchev–Trinajstić information content (AvgIpc) is 2.02. The zero-order chi connectivity index (χ0) is 11.2. The lowest BCUT2D eigenvalue weighted by Crippen LogP contribution is -2.34. The number of alkyl halides is 4. The Bertz CT molecular complexity index is 153. The molecule has 0 aromatic rings. The third kappa shape index (κ3) is 6.46. The Morgan fingerprint density at radius 1 is 0.929 bits per heavy atom. The molecule has 0 amide bonds. The third-order valence-electron chi connectivity index (χ3n) is 2.05. The predicted octanol–water partition coefficient (Wildman–Crippen LogP) is 5.27. The van der Waals surface area contributed by atoms with Crippen molar-refractivity contribution in [2.45, 2.75) is 52.1 Å². The molecule has 0 saturated heterocycles. The van der Waals surface area contributed by atoms with Crippen molar-refractivity contribution >= 4 is 63.7 Å². The fourth-order valence-electron chi connectivity index (χ4n) is 1.10. The highest BCUT2D eigenvalue weighted by molar-refractivity contribution is 9.40. The highest BCUT2D eigenvalue weighted by Crippen LogP contribution is 2.49. The number of aliphatic hydroxyl groups is 1. The molecule has 0 aliphatic carbocycles. The van der Waals surface area contributed by atoms with Crippen LogP contribution in [-0.2, 0) is 0 Å². The molecular formula is C9H16Br4O. The van der Waals surface area contributed by atoms with E-state index < -0.39 is 6.65 Å². The molecule has 0 fully saturated rings. The lowest BCUT2D eigenvalue weighted by Gasteiger charge is -2.29. The Hall–Kier alpha value is 1.88. The molecule has 1 unspecified atom stereocenters. The smallest absolute Gasteiger partial charge is 0.173 e. The van der Waals surface area contributed by atoms with Crippen molar-refractivity contribution < 1.29 is 5.11 Å². The van der Waals surface area contributed by atoms with E-state index >= 15 is 0 Å². The molecule has 0 spiro atoms. The van der Waals surface area contributed by atoms with Gasteiger partial charge in [-0.25, -0.2) is 0 Å². The van der Waals surface area contributed by atoms with E-state index in [0.717, 1.165) is 6.42 Å². The summed E-state index contributed by atoms with van der Waals surface area (Å²) in [6.07, 6.45) is 6.68. The SMILES string of the molecule is CCCCCCCC(O)(Br)C(Br)(Br)Br. The van der Waals surface area contributed by atoms with Crippen LogP contribution in [0.3, 0.4) is 0 Å². The van der Waals surface area contributed by atoms with Crippen molar-refractivity contribution in [3.05, 3.63) is 0 Å². The topological polar surface area (TPSA) is 20.2 Å². The summed E-state index contributed by atoms with van der Waals surface area (Å²) in [5.74, 6) is 0. The van der Waals surface area contributed by atoms with Crippen molar-refractivity contribution in [2.24, 2.45) is 0 Å². The van der Waals surface area contributed by atoms with E-state index in [1.54, 1.807) is 0 Å². The summed E-state index contributed by atoms with van der Waals surface area (Å²) in [5.41, 5.74) is 0. The monoisotopic (exact) mass is 456 g/mol. The quantitative estimate of drug-likeness (QED) is 0.424. The molecule has 1 N–H and O–H groups in total. The van der Waals surface area contributed by atoms with E-state index in [4.69, 9.17) is 0 Å². The molecule has 0 aliphatic heterocycles. The van der Waals surface area contributed by atoms with Crippen LogP contribution in [0.25, 0.3) is 0 Å². The number of hydrogen-bond donors (Lipinski definition) is 1. The van der Waals surface area contributed by atoms with Gasteiger partial charge in [-0.3, -0.25) is 0 Å². The number of halogens is 4. The lowest BCUT2D eigenvalue weighted by atomic mass is 10.1. The first-order valence-electron chi connectivity index (χ1n) is 4.79. The van der Waals surface area contributed by atoms with Gasteiger partial charge in [-0.1, -0.05) is 96.3 Å². The van der Waals surface area contributed by atoms with Crippen LogP contribution in [0.2, 0.25) is 0 Å². The van der Waals surface area contributed by atoms with Crippen LogP contribution >= 0.6 is 63.7 Å². The molecule has 0 bridgehead atoms. The van der Waals surface area contributed by atoms with Crippen LogP contribution < -0.4 is 0 Å². The Balaban J connectivity index is 3.67. The Morgan fingerprint density at radius 3 is 1.86 bits per heavy atom. The molecule has 5 heteroatoms. The number of unbranched alkanes of at least 4 members (excludes halogenated alkanes) is 4. The molecule has 1 nitrogen and oxygen atoms in total. The first kappa shape index (κ1) is 15.9. The van der Waals surface area contributed by atoms with E-state index in [2.05, 4.69) is 70.6 Å². The summed E-state index contributed by atoms with van der Waals surface area (Å²) in [5, 5.41) is 9.98. The fourth-order valence-corrected chi connectivity index (χ4v) is 1.98. The highest BCUT2D eigenvalue weighted by Gasteiger charge is 2.42. The molecule has 0 saturated carbocycles. The van der Waals surface area contributed by atoms with Gasteiger partial charge < -0.3 is 5.11 Å². The van der Waals surface area contributed by atoms with Crippen molar-refractivity contribution in [1.82, 2.24) is 0 Å². The van der Waals surface area contributed by atoms with Gasteiger partial charge in [0, 0.05) is 0 Å². The van der Waals surface area contributed by atoms with Gasteiger partial charge in [-0.2, -0.15) is 0 Å². The van der Waals surface area contributed by atoms with E-state index in [9.17, 15) is 5.11 Å². The molecule has 86 valence electrons. The molecule has 0 heterocycles. The van der Waals surface area contributed by atoms with Crippen molar-refractivity contribution in [1.29, 1.82) is 0 Å². The summed E-state index contributed by atoms with van der Waals surface area (Å²) in [7, 11) is 0. The minimum absolute atomic E-state index is 0.648. The average molecular weight is 460 g/mol. The van der Waals surface area contributed by atoms with Gasteiger partial charge in [-0.15, -0.1) is 0 Å². The van der Waals surface area contributed by atoms with Gasteiger partial charge in [0.15, 0.2) is 6.65 Å².